The van der Waals surface area contributed by atoms with Crippen molar-refractivity contribution in [2.75, 3.05) is 33.3 Å². The molecule has 2 fully saturated rings. The number of hydrogen-bond acceptors (Lipinski definition) is 6. The Morgan fingerprint density at radius 3 is 2.79 bits per heavy atom. The lowest BCUT2D eigenvalue weighted by molar-refractivity contribution is -0.141. The van der Waals surface area contributed by atoms with Gasteiger partial charge in [-0.25, -0.2) is 0 Å². The molecule has 1 saturated heterocycles. The summed E-state index contributed by atoms with van der Waals surface area (Å²) in [6.45, 7) is 2.55. The topological polar surface area (TPSA) is 72.0 Å². The highest BCUT2D eigenvalue weighted by atomic mass is 16.5. The standard InChI is InChI=1S/C21H31N3O4/c1-27-21(26)9-11-23-13-19(28-16-17-6-5-10-22-12-17)14-24(20(25)15-23)18-7-3-2-4-8-18/h5-6,10,12,18-19H,2-4,7-9,11,13-16H2,1H3. The van der Waals surface area contributed by atoms with Crippen LogP contribution in [0.1, 0.15) is 44.1 Å². The minimum atomic E-state index is -0.256. The monoisotopic (exact) mass is 389 g/mol. The van der Waals surface area contributed by atoms with Crippen molar-refractivity contribution >= 4 is 11.9 Å². The molecule has 7 nitrogen and oxygen atoms in total. The highest BCUT2D eigenvalue weighted by molar-refractivity contribution is 5.79. The Balaban J connectivity index is 1.66. The normalized spacial score (nSPS) is 22.1. The first-order valence-corrected chi connectivity index (χ1v) is 10.2. The van der Waals surface area contributed by atoms with Gasteiger partial charge < -0.3 is 14.4 Å². The average molecular weight is 389 g/mol. The zero-order chi connectivity index (χ0) is 19.8. The van der Waals surface area contributed by atoms with Crippen LogP contribution < -0.4 is 0 Å². The van der Waals surface area contributed by atoms with E-state index in [2.05, 4.69) is 4.98 Å². The number of nitrogens with zero attached hydrogens (tertiary/aromatic N) is 3. The average Bonchev–Trinajstić information content (AvgIpc) is 2.90. The van der Waals surface area contributed by atoms with Crippen LogP contribution in [-0.2, 0) is 25.7 Å². The van der Waals surface area contributed by atoms with Crippen molar-refractivity contribution in [3.63, 3.8) is 0 Å². The van der Waals surface area contributed by atoms with Crippen LogP contribution in [0.25, 0.3) is 0 Å². The Kier molecular flexibility index (Phi) is 7.80. The number of ether oxygens (including phenoxy) is 2. The van der Waals surface area contributed by atoms with Crippen LogP contribution in [0.3, 0.4) is 0 Å². The smallest absolute Gasteiger partial charge is 0.306 e. The van der Waals surface area contributed by atoms with E-state index in [0.717, 1.165) is 18.4 Å². The second-order valence-electron chi connectivity index (χ2n) is 7.69. The SMILES string of the molecule is COC(=O)CCN1CC(=O)N(C2CCCCC2)CC(OCc2cccnc2)C1. The lowest BCUT2D eigenvalue weighted by Gasteiger charge is -2.35. The van der Waals surface area contributed by atoms with Crippen LogP contribution in [0.5, 0.6) is 0 Å². The predicted octanol–water partition coefficient (Wildman–Crippen LogP) is 2.01. The maximum Gasteiger partial charge on any atom is 0.306 e. The summed E-state index contributed by atoms with van der Waals surface area (Å²) in [5, 5.41) is 0. The molecule has 0 aromatic carbocycles. The predicted molar refractivity (Wildman–Crippen MR) is 104 cm³/mol. The van der Waals surface area contributed by atoms with E-state index in [1.165, 1.54) is 26.4 Å². The van der Waals surface area contributed by atoms with Crippen molar-refractivity contribution in [1.29, 1.82) is 0 Å². The number of esters is 1. The van der Waals surface area contributed by atoms with Crippen LogP contribution in [-0.4, -0.2) is 72.1 Å². The Morgan fingerprint density at radius 2 is 2.07 bits per heavy atom. The third kappa shape index (κ3) is 6.01. The minimum Gasteiger partial charge on any atom is -0.469 e. The zero-order valence-corrected chi connectivity index (χ0v) is 16.7. The minimum absolute atomic E-state index is 0.0915. The van der Waals surface area contributed by atoms with Crippen LogP contribution in [0.2, 0.25) is 0 Å². The van der Waals surface area contributed by atoms with Gasteiger partial charge in [0.15, 0.2) is 0 Å². The summed E-state index contributed by atoms with van der Waals surface area (Å²) in [6.07, 6.45) is 9.50. The van der Waals surface area contributed by atoms with Gasteiger partial charge in [-0.1, -0.05) is 25.3 Å². The molecule has 154 valence electrons. The summed E-state index contributed by atoms with van der Waals surface area (Å²) in [6, 6.07) is 4.20. The number of carbonyl (C=O) groups excluding carboxylic acids is 2. The number of amides is 1. The highest BCUT2D eigenvalue weighted by Gasteiger charge is 2.33. The van der Waals surface area contributed by atoms with E-state index in [4.69, 9.17) is 9.47 Å². The van der Waals surface area contributed by atoms with Crippen LogP contribution in [0.15, 0.2) is 24.5 Å². The van der Waals surface area contributed by atoms with Crippen LogP contribution >= 0.6 is 0 Å². The van der Waals surface area contributed by atoms with Gasteiger partial charge in [0.1, 0.15) is 0 Å². The Hall–Kier alpha value is -1.99. The molecule has 1 amide bonds. The lowest BCUT2D eigenvalue weighted by Crippen LogP contribution is -2.45. The van der Waals surface area contributed by atoms with E-state index in [-0.39, 0.29) is 24.4 Å². The lowest BCUT2D eigenvalue weighted by atomic mass is 9.94. The second kappa shape index (κ2) is 10.5. The summed E-state index contributed by atoms with van der Waals surface area (Å²) >= 11 is 0. The number of aromatic nitrogens is 1. The Bertz CT molecular complexity index is 634. The number of carbonyl (C=O) groups is 2. The molecule has 0 spiro atoms. The molecule has 1 aliphatic carbocycles. The largest absolute Gasteiger partial charge is 0.469 e. The van der Waals surface area contributed by atoms with Crippen LogP contribution in [0.4, 0.5) is 0 Å². The third-order valence-electron chi connectivity index (χ3n) is 5.63. The highest BCUT2D eigenvalue weighted by Crippen LogP contribution is 2.25. The molecular formula is C21H31N3O4. The second-order valence-corrected chi connectivity index (χ2v) is 7.69. The number of hydrogen-bond donors (Lipinski definition) is 0. The molecule has 1 aromatic rings. The Labute approximate surface area is 167 Å². The first-order valence-electron chi connectivity index (χ1n) is 10.2. The van der Waals surface area contributed by atoms with Crippen molar-refractivity contribution < 1.29 is 19.1 Å². The first-order chi connectivity index (χ1) is 13.7. The molecule has 0 radical (unpaired) electrons. The maximum absolute atomic E-state index is 13.0. The van der Waals surface area contributed by atoms with E-state index >= 15 is 0 Å². The van der Waals surface area contributed by atoms with Gasteiger partial charge in [0, 0.05) is 38.1 Å². The summed E-state index contributed by atoms with van der Waals surface area (Å²) in [7, 11) is 1.39. The number of pyridine rings is 1. The molecule has 1 unspecified atom stereocenters. The van der Waals surface area contributed by atoms with Gasteiger partial charge in [0.25, 0.3) is 0 Å². The Morgan fingerprint density at radius 1 is 1.25 bits per heavy atom. The summed E-state index contributed by atoms with van der Waals surface area (Å²) < 4.78 is 10.9. The fraction of sp³-hybridized carbons (Fsp3) is 0.667. The molecule has 2 aliphatic rings. The third-order valence-corrected chi connectivity index (χ3v) is 5.63. The maximum atomic E-state index is 13.0. The van der Waals surface area contributed by atoms with E-state index in [1.54, 1.807) is 12.4 Å². The van der Waals surface area contributed by atoms with Crippen LogP contribution in [0, 0.1) is 0 Å². The molecule has 2 heterocycles. The van der Waals surface area contributed by atoms with Gasteiger partial charge in [0.05, 0.1) is 32.8 Å². The van der Waals surface area contributed by atoms with E-state index < -0.39 is 0 Å². The van der Waals surface area contributed by atoms with Crippen molar-refractivity contribution in [3.8, 4) is 0 Å². The first kappa shape index (κ1) is 20.7. The molecule has 1 aromatic heterocycles. The van der Waals surface area contributed by atoms with E-state index in [9.17, 15) is 9.59 Å². The van der Waals surface area contributed by atoms with Crippen molar-refractivity contribution in [2.45, 2.75) is 57.3 Å². The van der Waals surface area contributed by atoms with Gasteiger partial charge >= 0.3 is 5.97 Å². The van der Waals surface area contributed by atoms with Gasteiger partial charge in [-0.05, 0) is 24.5 Å². The number of rotatable bonds is 7. The number of methoxy groups -OCH3 is 1. The summed E-state index contributed by atoms with van der Waals surface area (Å²) in [5.74, 6) is -0.113. The molecule has 3 rings (SSSR count). The molecule has 1 atom stereocenters. The fourth-order valence-corrected chi connectivity index (χ4v) is 4.08. The fourth-order valence-electron chi connectivity index (χ4n) is 4.08. The van der Waals surface area contributed by atoms with E-state index in [1.807, 2.05) is 21.9 Å². The molecular weight excluding hydrogens is 358 g/mol. The molecule has 7 heteroatoms. The van der Waals surface area contributed by atoms with Gasteiger partial charge in [-0.15, -0.1) is 0 Å². The molecule has 1 aliphatic heterocycles. The molecule has 1 saturated carbocycles. The van der Waals surface area contributed by atoms with Crippen molar-refractivity contribution in [1.82, 2.24) is 14.8 Å². The van der Waals surface area contributed by atoms with Crippen molar-refractivity contribution in [2.24, 2.45) is 0 Å². The van der Waals surface area contributed by atoms with E-state index in [0.29, 0.717) is 38.8 Å². The van der Waals surface area contributed by atoms with Gasteiger partial charge in [-0.2, -0.15) is 0 Å². The molecule has 28 heavy (non-hydrogen) atoms. The molecule has 0 bridgehead atoms. The van der Waals surface area contributed by atoms with Crippen molar-refractivity contribution in [3.05, 3.63) is 30.1 Å². The van der Waals surface area contributed by atoms with Gasteiger partial charge in [0.2, 0.25) is 5.91 Å². The summed E-state index contributed by atoms with van der Waals surface area (Å²) in [4.78, 5) is 32.7. The quantitative estimate of drug-likeness (QED) is 0.665. The molecule has 0 N–H and O–H groups in total. The van der Waals surface area contributed by atoms with Gasteiger partial charge in [-0.3, -0.25) is 19.5 Å². The summed E-state index contributed by atoms with van der Waals surface area (Å²) in [5.41, 5.74) is 1.02. The zero-order valence-electron chi connectivity index (χ0n) is 16.7.